The molecule has 1 unspecified atom stereocenters. The van der Waals surface area contributed by atoms with E-state index in [-0.39, 0.29) is 0 Å². The van der Waals surface area contributed by atoms with E-state index in [2.05, 4.69) is 22.1 Å². The topological polar surface area (TPSA) is 28.2 Å². The molecule has 0 saturated carbocycles. The molecule has 1 N–H and O–H groups in total. The van der Waals surface area contributed by atoms with E-state index in [9.17, 15) is 0 Å². The maximum absolute atomic E-state index is 5.60. The lowest BCUT2D eigenvalue weighted by atomic mass is 10.0. The standard InChI is InChI=1S/C15H17N3S2/c1-2-13-14-12(16-10-20-14)8-9-18(13)15(19)17-11-6-4-3-5-7-11/h3-7,10,13H,2,8-9H2,1H3,(H,17,19). The Labute approximate surface area is 128 Å². The Hall–Kier alpha value is -1.46. The van der Waals surface area contributed by atoms with Crippen LogP contribution in [0.2, 0.25) is 0 Å². The second-order valence-electron chi connectivity index (χ2n) is 4.83. The van der Waals surface area contributed by atoms with Crippen LogP contribution in [0.4, 0.5) is 5.69 Å². The van der Waals surface area contributed by atoms with Crippen LogP contribution >= 0.6 is 23.6 Å². The highest BCUT2D eigenvalue weighted by Gasteiger charge is 2.29. The summed E-state index contributed by atoms with van der Waals surface area (Å²) in [5.41, 5.74) is 4.24. The van der Waals surface area contributed by atoms with Crippen molar-refractivity contribution < 1.29 is 0 Å². The Balaban J connectivity index is 1.78. The average molecular weight is 303 g/mol. The van der Waals surface area contributed by atoms with E-state index in [1.54, 1.807) is 11.3 Å². The van der Waals surface area contributed by atoms with Gasteiger partial charge in [-0.15, -0.1) is 11.3 Å². The van der Waals surface area contributed by atoms with Gasteiger partial charge in [-0.3, -0.25) is 0 Å². The van der Waals surface area contributed by atoms with Gasteiger partial charge in [-0.1, -0.05) is 25.1 Å². The first-order chi connectivity index (χ1) is 9.79. The third-order valence-electron chi connectivity index (χ3n) is 3.61. The molecule has 1 aliphatic rings. The van der Waals surface area contributed by atoms with Crippen LogP contribution in [-0.4, -0.2) is 21.5 Å². The zero-order chi connectivity index (χ0) is 13.9. The number of fused-ring (bicyclic) bond motifs is 1. The first-order valence-corrected chi connectivity index (χ1v) is 8.13. The quantitative estimate of drug-likeness (QED) is 0.853. The van der Waals surface area contributed by atoms with Crippen LogP contribution in [0.5, 0.6) is 0 Å². The molecule has 2 heterocycles. The lowest BCUT2D eigenvalue weighted by molar-refractivity contribution is 0.299. The number of para-hydroxylation sites is 1. The highest BCUT2D eigenvalue weighted by Crippen LogP contribution is 2.34. The Morgan fingerprint density at radius 1 is 1.45 bits per heavy atom. The fraction of sp³-hybridized carbons (Fsp3) is 0.333. The number of nitrogens with one attached hydrogen (secondary N) is 1. The van der Waals surface area contributed by atoms with Crippen molar-refractivity contribution >= 4 is 34.4 Å². The van der Waals surface area contributed by atoms with Crippen LogP contribution in [0.1, 0.15) is 30.0 Å². The maximum Gasteiger partial charge on any atom is 0.173 e. The van der Waals surface area contributed by atoms with Crippen molar-refractivity contribution in [2.75, 3.05) is 11.9 Å². The fourth-order valence-electron chi connectivity index (χ4n) is 2.63. The summed E-state index contributed by atoms with van der Waals surface area (Å²) in [6.07, 6.45) is 2.03. The molecule has 0 radical (unpaired) electrons. The molecule has 0 bridgehead atoms. The molecule has 2 aromatic rings. The van der Waals surface area contributed by atoms with E-state index in [4.69, 9.17) is 12.2 Å². The van der Waals surface area contributed by atoms with Gasteiger partial charge < -0.3 is 10.2 Å². The molecule has 0 fully saturated rings. The monoisotopic (exact) mass is 303 g/mol. The molecule has 20 heavy (non-hydrogen) atoms. The van der Waals surface area contributed by atoms with E-state index in [0.717, 1.165) is 30.2 Å². The van der Waals surface area contributed by atoms with E-state index in [0.29, 0.717) is 6.04 Å². The first-order valence-electron chi connectivity index (χ1n) is 6.84. The van der Waals surface area contributed by atoms with Crippen LogP contribution in [-0.2, 0) is 6.42 Å². The SMILES string of the molecule is CCC1c2scnc2CCN1C(=S)Nc1ccccc1. The predicted molar refractivity (Wildman–Crippen MR) is 88.2 cm³/mol. The van der Waals surface area contributed by atoms with Gasteiger partial charge in [0, 0.05) is 18.7 Å². The fourth-order valence-corrected chi connectivity index (χ4v) is 4.00. The van der Waals surface area contributed by atoms with Gasteiger partial charge in [-0.05, 0) is 30.8 Å². The van der Waals surface area contributed by atoms with Gasteiger partial charge >= 0.3 is 0 Å². The minimum atomic E-state index is 0.356. The summed E-state index contributed by atoms with van der Waals surface area (Å²) in [4.78, 5) is 8.13. The van der Waals surface area contributed by atoms with Crippen molar-refractivity contribution in [3.8, 4) is 0 Å². The number of aromatic nitrogens is 1. The van der Waals surface area contributed by atoms with Crippen LogP contribution < -0.4 is 5.32 Å². The molecule has 0 spiro atoms. The summed E-state index contributed by atoms with van der Waals surface area (Å²) in [5.74, 6) is 0. The van der Waals surface area contributed by atoms with Gasteiger partial charge in [-0.2, -0.15) is 0 Å². The summed E-state index contributed by atoms with van der Waals surface area (Å²) in [5, 5.41) is 4.15. The molecule has 1 aromatic carbocycles. The van der Waals surface area contributed by atoms with E-state index in [1.807, 2.05) is 35.8 Å². The third-order valence-corrected chi connectivity index (χ3v) is 4.92. The lowest BCUT2D eigenvalue weighted by Gasteiger charge is -2.36. The molecular formula is C15H17N3S2. The van der Waals surface area contributed by atoms with Gasteiger partial charge in [0.25, 0.3) is 0 Å². The zero-order valence-electron chi connectivity index (χ0n) is 11.4. The molecule has 0 saturated heterocycles. The number of thiazole rings is 1. The predicted octanol–water partition coefficient (Wildman–Crippen LogP) is 3.85. The molecule has 0 aliphatic carbocycles. The molecule has 1 atom stereocenters. The van der Waals surface area contributed by atoms with Crippen molar-refractivity contribution in [1.29, 1.82) is 0 Å². The lowest BCUT2D eigenvalue weighted by Crippen LogP contribution is -2.41. The van der Waals surface area contributed by atoms with Crippen LogP contribution in [0.3, 0.4) is 0 Å². The molecule has 0 amide bonds. The second kappa shape index (κ2) is 5.89. The van der Waals surface area contributed by atoms with Crippen molar-refractivity contribution in [2.45, 2.75) is 25.8 Å². The van der Waals surface area contributed by atoms with Crippen molar-refractivity contribution in [2.24, 2.45) is 0 Å². The Bertz CT molecular complexity index is 594. The number of rotatable bonds is 2. The molecule has 3 nitrogen and oxygen atoms in total. The first kappa shape index (κ1) is 13.5. The minimum Gasteiger partial charge on any atom is -0.341 e. The van der Waals surface area contributed by atoms with E-state index >= 15 is 0 Å². The number of nitrogens with zero attached hydrogens (tertiary/aromatic N) is 2. The molecular weight excluding hydrogens is 286 g/mol. The summed E-state index contributed by atoms with van der Waals surface area (Å²) in [7, 11) is 0. The van der Waals surface area contributed by atoms with Gasteiger partial charge in [0.1, 0.15) is 0 Å². The normalized spacial score (nSPS) is 17.6. The van der Waals surface area contributed by atoms with E-state index < -0.39 is 0 Å². The van der Waals surface area contributed by atoms with Gasteiger partial charge in [-0.25, -0.2) is 4.98 Å². The summed E-state index contributed by atoms with van der Waals surface area (Å²) in [6.45, 7) is 3.14. The largest absolute Gasteiger partial charge is 0.341 e. The molecule has 104 valence electrons. The van der Waals surface area contributed by atoms with Crippen LogP contribution in [0.25, 0.3) is 0 Å². The van der Waals surface area contributed by atoms with Crippen LogP contribution in [0, 0.1) is 0 Å². The summed E-state index contributed by atoms with van der Waals surface area (Å²) in [6, 6.07) is 10.5. The number of thiocarbonyl (C=S) groups is 1. The van der Waals surface area contributed by atoms with Crippen LogP contribution in [0.15, 0.2) is 35.8 Å². The van der Waals surface area contributed by atoms with Gasteiger partial charge in [0.2, 0.25) is 0 Å². The van der Waals surface area contributed by atoms with Gasteiger partial charge in [0.05, 0.1) is 22.1 Å². The molecule has 5 heteroatoms. The Morgan fingerprint density at radius 3 is 3.00 bits per heavy atom. The van der Waals surface area contributed by atoms with Gasteiger partial charge in [0.15, 0.2) is 5.11 Å². The number of hydrogen-bond acceptors (Lipinski definition) is 3. The Morgan fingerprint density at radius 2 is 2.25 bits per heavy atom. The zero-order valence-corrected chi connectivity index (χ0v) is 13.0. The highest BCUT2D eigenvalue weighted by atomic mass is 32.1. The molecule has 1 aromatic heterocycles. The minimum absolute atomic E-state index is 0.356. The molecule has 3 rings (SSSR count). The smallest absolute Gasteiger partial charge is 0.173 e. The number of benzene rings is 1. The van der Waals surface area contributed by atoms with Crippen molar-refractivity contribution in [1.82, 2.24) is 9.88 Å². The third kappa shape index (κ3) is 2.55. The van der Waals surface area contributed by atoms with E-state index in [1.165, 1.54) is 10.6 Å². The summed E-state index contributed by atoms with van der Waals surface area (Å²) >= 11 is 7.35. The highest BCUT2D eigenvalue weighted by molar-refractivity contribution is 7.80. The second-order valence-corrected chi connectivity index (χ2v) is 6.10. The Kier molecular flexibility index (Phi) is 3.98. The maximum atomic E-state index is 5.60. The summed E-state index contributed by atoms with van der Waals surface area (Å²) < 4.78 is 0. The molecule has 1 aliphatic heterocycles. The number of hydrogen-bond donors (Lipinski definition) is 1. The van der Waals surface area contributed by atoms with Crippen molar-refractivity contribution in [3.63, 3.8) is 0 Å². The number of anilines is 1. The van der Waals surface area contributed by atoms with Crippen molar-refractivity contribution in [3.05, 3.63) is 46.4 Å². The average Bonchev–Trinajstić information content (AvgIpc) is 2.95.